The van der Waals surface area contributed by atoms with Gasteiger partial charge < -0.3 is 10.2 Å². The highest BCUT2D eigenvalue weighted by molar-refractivity contribution is 7.31. The Hall–Kier alpha value is -0.670. The number of hydrogen-bond acceptors (Lipinski definition) is 4. The van der Waals surface area contributed by atoms with Crippen molar-refractivity contribution in [3.8, 4) is 0 Å². The first-order chi connectivity index (χ1) is 6.00. The molecule has 0 aliphatic carbocycles. The monoisotopic (exact) mass is 208 g/mol. The van der Waals surface area contributed by atoms with E-state index in [1.807, 2.05) is 6.92 Å². The van der Waals surface area contributed by atoms with Gasteiger partial charge in [0.1, 0.15) is 5.66 Å². The summed E-state index contributed by atoms with van der Waals surface area (Å²) in [6.07, 6.45) is -0.236. The minimum absolute atomic E-state index is 0.197. The number of aliphatic hydroxyl groups excluding tert-OH is 1. The molecule has 0 saturated carbocycles. The molecule has 0 spiro atoms. The molecule has 0 aliphatic rings. The van der Waals surface area contributed by atoms with Crippen LogP contribution in [0.2, 0.25) is 0 Å². The Morgan fingerprint density at radius 2 is 2.00 bits per heavy atom. The number of hydrogen-bond donors (Lipinski definition) is 2. The van der Waals surface area contributed by atoms with Crippen LogP contribution >= 0.6 is 7.68 Å². The van der Waals surface area contributed by atoms with Gasteiger partial charge in [-0.3, -0.25) is 0 Å². The van der Waals surface area contributed by atoms with Gasteiger partial charge in [-0.15, -0.1) is 0 Å². The zero-order chi connectivity index (χ0) is 10.4. The fourth-order valence-electron chi connectivity index (χ4n) is 0.956. The standard InChI is InChI=1S/C7H13O5P/c1-2-3-4-5(13(11)12)6(8)7(9)10/h5-6,8H,2-4H2,1H3,(H,9,10). The van der Waals surface area contributed by atoms with Crippen LogP contribution < -0.4 is 0 Å². The van der Waals surface area contributed by atoms with Gasteiger partial charge in [-0.05, 0) is 6.42 Å². The van der Waals surface area contributed by atoms with Gasteiger partial charge in [0.05, 0.1) is 0 Å². The molecule has 0 aromatic carbocycles. The maximum absolute atomic E-state index is 10.6. The lowest BCUT2D eigenvalue weighted by Gasteiger charge is -2.10. The second-order valence-electron chi connectivity index (χ2n) is 2.78. The average molecular weight is 208 g/mol. The molecular weight excluding hydrogens is 195 g/mol. The number of unbranched alkanes of at least 4 members (excludes halogenated alkanes) is 1. The van der Waals surface area contributed by atoms with Crippen molar-refractivity contribution >= 4 is 13.6 Å². The van der Waals surface area contributed by atoms with Crippen molar-refractivity contribution in [2.75, 3.05) is 0 Å². The molecule has 0 heterocycles. The second-order valence-corrected chi connectivity index (χ2v) is 4.01. The molecule has 2 unspecified atom stereocenters. The van der Waals surface area contributed by atoms with Crippen molar-refractivity contribution in [3.63, 3.8) is 0 Å². The molecule has 0 saturated heterocycles. The van der Waals surface area contributed by atoms with E-state index in [4.69, 9.17) is 10.2 Å². The number of carboxylic acid groups (broad SMARTS) is 1. The van der Waals surface area contributed by atoms with Crippen LogP contribution in [0.5, 0.6) is 0 Å². The largest absolute Gasteiger partial charge is 0.479 e. The van der Waals surface area contributed by atoms with E-state index < -0.39 is 25.4 Å². The zero-order valence-corrected chi connectivity index (χ0v) is 8.24. The van der Waals surface area contributed by atoms with E-state index in [1.165, 1.54) is 0 Å². The molecule has 0 amide bonds. The molecule has 0 radical (unpaired) electrons. The van der Waals surface area contributed by atoms with Gasteiger partial charge in [0.2, 0.25) is 0 Å². The van der Waals surface area contributed by atoms with Crippen molar-refractivity contribution in [2.45, 2.75) is 37.9 Å². The van der Waals surface area contributed by atoms with Crippen molar-refractivity contribution in [1.82, 2.24) is 0 Å². The number of aliphatic hydroxyl groups is 1. The Kier molecular flexibility index (Phi) is 5.58. The molecule has 0 rings (SSSR count). The van der Waals surface area contributed by atoms with Crippen LogP contribution in [0.1, 0.15) is 26.2 Å². The summed E-state index contributed by atoms with van der Waals surface area (Å²) in [6.45, 7) is 1.86. The average Bonchev–Trinajstić information content (AvgIpc) is 2.04. The van der Waals surface area contributed by atoms with E-state index in [0.29, 0.717) is 6.42 Å². The Morgan fingerprint density at radius 3 is 2.31 bits per heavy atom. The zero-order valence-electron chi connectivity index (χ0n) is 7.34. The van der Waals surface area contributed by atoms with Gasteiger partial charge in [-0.1, -0.05) is 19.8 Å². The highest BCUT2D eigenvalue weighted by Gasteiger charge is 2.29. The van der Waals surface area contributed by atoms with Crippen LogP contribution in [-0.2, 0) is 13.9 Å². The van der Waals surface area contributed by atoms with E-state index in [0.717, 1.165) is 6.42 Å². The summed E-state index contributed by atoms with van der Waals surface area (Å²) in [4.78, 5) is 10.3. The quantitative estimate of drug-likeness (QED) is 0.639. The molecule has 2 N–H and O–H groups in total. The van der Waals surface area contributed by atoms with Gasteiger partial charge in [-0.2, -0.15) is 0 Å². The van der Waals surface area contributed by atoms with Crippen LogP contribution in [0.3, 0.4) is 0 Å². The highest BCUT2D eigenvalue weighted by Crippen LogP contribution is 2.24. The van der Waals surface area contributed by atoms with Crippen LogP contribution in [0.25, 0.3) is 0 Å². The first kappa shape index (κ1) is 12.3. The molecule has 0 aromatic heterocycles. The molecule has 0 aromatic rings. The summed E-state index contributed by atoms with van der Waals surface area (Å²) in [6, 6.07) is 0. The molecule has 13 heavy (non-hydrogen) atoms. The third kappa shape index (κ3) is 4.20. The molecule has 0 bridgehead atoms. The van der Waals surface area contributed by atoms with E-state index in [1.54, 1.807) is 0 Å². The topological polar surface area (TPSA) is 91.7 Å². The van der Waals surface area contributed by atoms with Crippen molar-refractivity contribution in [3.05, 3.63) is 0 Å². The third-order valence-electron chi connectivity index (χ3n) is 1.74. The van der Waals surface area contributed by atoms with Crippen molar-refractivity contribution in [1.29, 1.82) is 0 Å². The van der Waals surface area contributed by atoms with E-state index in [9.17, 15) is 13.9 Å². The van der Waals surface area contributed by atoms with E-state index in [-0.39, 0.29) is 6.42 Å². The molecule has 0 aliphatic heterocycles. The molecule has 0 fully saturated rings. The molecule has 76 valence electrons. The fraction of sp³-hybridized carbons (Fsp3) is 0.857. The Balaban J connectivity index is 4.32. The summed E-state index contributed by atoms with van der Waals surface area (Å²) in [5.41, 5.74) is -1.16. The predicted octanol–water partition coefficient (Wildman–Crippen LogP) is 1.16. The Bertz CT molecular complexity index is 227. The normalized spacial score (nSPS) is 14.9. The summed E-state index contributed by atoms with van der Waals surface area (Å²) < 4.78 is 21.1. The molecule has 6 heteroatoms. The van der Waals surface area contributed by atoms with Gasteiger partial charge in [0.25, 0.3) is 0 Å². The first-order valence-electron chi connectivity index (χ1n) is 4.05. The molecule has 2 atom stereocenters. The van der Waals surface area contributed by atoms with Crippen LogP contribution in [-0.4, -0.2) is 27.9 Å². The molecule has 5 nitrogen and oxygen atoms in total. The minimum Gasteiger partial charge on any atom is -0.479 e. The lowest BCUT2D eigenvalue weighted by Crippen LogP contribution is -2.30. The Labute approximate surface area is 76.6 Å². The maximum atomic E-state index is 10.6. The molecular formula is C7H13O5P. The predicted molar refractivity (Wildman–Crippen MR) is 45.2 cm³/mol. The summed E-state index contributed by atoms with van der Waals surface area (Å²) in [7, 11) is -2.88. The van der Waals surface area contributed by atoms with Gasteiger partial charge >= 0.3 is 13.6 Å². The summed E-state index contributed by atoms with van der Waals surface area (Å²) in [5, 5.41) is 17.4. The second kappa shape index (κ2) is 5.89. The summed E-state index contributed by atoms with van der Waals surface area (Å²) in [5.74, 6) is -1.49. The van der Waals surface area contributed by atoms with Crippen molar-refractivity contribution in [2.24, 2.45) is 0 Å². The number of aliphatic carboxylic acids is 1. The highest BCUT2D eigenvalue weighted by atomic mass is 31.1. The smallest absolute Gasteiger partial charge is 0.333 e. The summed E-state index contributed by atoms with van der Waals surface area (Å²) >= 11 is 0. The number of rotatable bonds is 6. The minimum atomic E-state index is -2.88. The number of carboxylic acids is 1. The van der Waals surface area contributed by atoms with Gasteiger partial charge in [-0.25, -0.2) is 13.9 Å². The van der Waals surface area contributed by atoms with Gasteiger partial charge in [0, 0.05) is 0 Å². The van der Waals surface area contributed by atoms with Crippen LogP contribution in [0.4, 0.5) is 0 Å². The van der Waals surface area contributed by atoms with E-state index in [2.05, 4.69) is 0 Å². The van der Waals surface area contributed by atoms with Crippen molar-refractivity contribution < 1.29 is 24.1 Å². The SMILES string of the molecule is CCCCC(C(O)C(=O)O)P(=O)=O. The third-order valence-corrected chi connectivity index (χ3v) is 2.82. The number of carbonyl (C=O) groups is 1. The van der Waals surface area contributed by atoms with Crippen LogP contribution in [0.15, 0.2) is 0 Å². The van der Waals surface area contributed by atoms with Gasteiger partial charge in [0.15, 0.2) is 6.10 Å². The van der Waals surface area contributed by atoms with Crippen LogP contribution in [0, 0.1) is 0 Å². The van der Waals surface area contributed by atoms with E-state index >= 15 is 0 Å². The fourth-order valence-corrected chi connectivity index (χ4v) is 1.71. The lowest BCUT2D eigenvalue weighted by molar-refractivity contribution is -0.146. The first-order valence-corrected chi connectivity index (χ1v) is 5.29. The maximum Gasteiger partial charge on any atom is 0.333 e. The lowest BCUT2D eigenvalue weighted by atomic mass is 10.1. The Morgan fingerprint density at radius 1 is 1.46 bits per heavy atom.